The Bertz CT molecular complexity index is 594. The Morgan fingerprint density at radius 3 is 2.86 bits per heavy atom. The van der Waals surface area contributed by atoms with E-state index in [1.807, 2.05) is 12.1 Å². The van der Waals surface area contributed by atoms with Gasteiger partial charge in [-0.1, -0.05) is 18.2 Å². The van der Waals surface area contributed by atoms with Crippen LogP contribution in [0, 0.1) is 0 Å². The topological polar surface area (TPSA) is 37.4 Å². The number of aromatic nitrogens is 1. The predicted octanol–water partition coefficient (Wildman–Crippen LogP) is 2.08. The molecule has 1 saturated heterocycles. The molecule has 0 radical (unpaired) electrons. The minimum absolute atomic E-state index is 0.772. The molecule has 1 aromatic carbocycles. The predicted molar refractivity (Wildman–Crippen MR) is 85.9 cm³/mol. The third kappa shape index (κ3) is 3.52. The number of methoxy groups -OCH3 is 1. The van der Waals surface area contributed by atoms with Gasteiger partial charge in [-0.25, -0.2) is 4.98 Å². The lowest BCUT2D eigenvalue weighted by molar-refractivity contribution is 0.238. The zero-order valence-electron chi connectivity index (χ0n) is 12.6. The van der Waals surface area contributed by atoms with E-state index in [1.165, 1.54) is 10.9 Å². The Morgan fingerprint density at radius 2 is 2.05 bits per heavy atom. The minimum Gasteiger partial charge on any atom is -0.481 e. The average Bonchev–Trinajstić information content (AvgIpc) is 2.55. The average molecular weight is 285 g/mol. The second-order valence-electron chi connectivity index (χ2n) is 5.54. The fourth-order valence-corrected chi connectivity index (χ4v) is 2.93. The van der Waals surface area contributed by atoms with Crippen molar-refractivity contribution in [2.75, 3.05) is 39.8 Å². The molecule has 4 heteroatoms. The molecule has 1 aliphatic rings. The van der Waals surface area contributed by atoms with Crippen LogP contribution in [0.2, 0.25) is 0 Å². The summed E-state index contributed by atoms with van der Waals surface area (Å²) in [6.07, 6.45) is 2.17. The molecule has 0 saturated carbocycles. The molecule has 0 spiro atoms. The second-order valence-corrected chi connectivity index (χ2v) is 5.54. The number of nitrogens with zero attached hydrogens (tertiary/aromatic N) is 2. The standard InChI is InChI=1S/C17H23N3O/c1-21-17-15(6-4-10-20-11-8-18-9-12-20)13-14-5-2-3-7-16(14)19-17/h2-3,5,7,13,18H,4,6,8-12H2,1H3. The SMILES string of the molecule is COc1nc2ccccc2cc1CCCN1CCNCC1. The van der Waals surface area contributed by atoms with Gasteiger partial charge in [0.2, 0.25) is 5.88 Å². The van der Waals surface area contributed by atoms with Crippen LogP contribution in [0.5, 0.6) is 5.88 Å². The van der Waals surface area contributed by atoms with Gasteiger partial charge in [-0.15, -0.1) is 0 Å². The lowest BCUT2D eigenvalue weighted by Gasteiger charge is -2.27. The van der Waals surface area contributed by atoms with E-state index in [9.17, 15) is 0 Å². The lowest BCUT2D eigenvalue weighted by Crippen LogP contribution is -2.43. The van der Waals surface area contributed by atoms with E-state index in [1.54, 1.807) is 7.11 Å². The van der Waals surface area contributed by atoms with Crippen LogP contribution in [-0.2, 0) is 6.42 Å². The van der Waals surface area contributed by atoms with Gasteiger partial charge in [-0.05, 0) is 31.5 Å². The molecule has 0 atom stereocenters. The van der Waals surface area contributed by atoms with Crippen molar-refractivity contribution in [3.63, 3.8) is 0 Å². The Kier molecular flexibility index (Phi) is 4.68. The van der Waals surface area contributed by atoms with Crippen molar-refractivity contribution < 1.29 is 4.74 Å². The number of para-hydroxylation sites is 1. The summed E-state index contributed by atoms with van der Waals surface area (Å²) in [5.41, 5.74) is 2.21. The first-order valence-corrected chi connectivity index (χ1v) is 7.72. The molecule has 0 bridgehead atoms. The molecule has 0 amide bonds. The Hall–Kier alpha value is -1.65. The van der Waals surface area contributed by atoms with Crippen molar-refractivity contribution in [3.05, 3.63) is 35.9 Å². The summed E-state index contributed by atoms with van der Waals surface area (Å²) in [6.45, 7) is 5.69. The van der Waals surface area contributed by atoms with Gasteiger partial charge in [0.15, 0.2) is 0 Å². The van der Waals surface area contributed by atoms with Crippen LogP contribution in [0.15, 0.2) is 30.3 Å². The van der Waals surface area contributed by atoms with E-state index >= 15 is 0 Å². The molecule has 21 heavy (non-hydrogen) atoms. The molecule has 1 aliphatic heterocycles. The molecule has 1 N–H and O–H groups in total. The second kappa shape index (κ2) is 6.87. The lowest BCUT2D eigenvalue weighted by atomic mass is 10.1. The van der Waals surface area contributed by atoms with Gasteiger partial charge in [0.05, 0.1) is 12.6 Å². The third-order valence-corrected chi connectivity index (χ3v) is 4.09. The fourth-order valence-electron chi connectivity index (χ4n) is 2.93. The molecule has 1 aromatic heterocycles. The number of fused-ring (bicyclic) bond motifs is 1. The Labute approximate surface area is 126 Å². The first kappa shape index (κ1) is 14.3. The number of nitrogens with one attached hydrogen (secondary N) is 1. The van der Waals surface area contributed by atoms with Gasteiger partial charge in [0.25, 0.3) is 0 Å². The highest BCUT2D eigenvalue weighted by molar-refractivity contribution is 5.80. The Morgan fingerprint density at radius 1 is 1.24 bits per heavy atom. The number of hydrogen-bond donors (Lipinski definition) is 1. The maximum atomic E-state index is 5.46. The van der Waals surface area contributed by atoms with Crippen LogP contribution in [0.1, 0.15) is 12.0 Å². The number of rotatable bonds is 5. The van der Waals surface area contributed by atoms with Crippen molar-refractivity contribution in [1.82, 2.24) is 15.2 Å². The highest BCUT2D eigenvalue weighted by Gasteiger charge is 2.11. The molecule has 0 aliphatic carbocycles. The largest absolute Gasteiger partial charge is 0.481 e. The summed E-state index contributed by atoms with van der Waals surface area (Å²) in [5.74, 6) is 0.772. The van der Waals surface area contributed by atoms with E-state index in [2.05, 4.69) is 33.4 Å². The Balaban J connectivity index is 1.67. The smallest absolute Gasteiger partial charge is 0.216 e. The molecular formula is C17H23N3O. The molecule has 3 rings (SSSR count). The van der Waals surface area contributed by atoms with Crippen molar-refractivity contribution in [2.24, 2.45) is 0 Å². The van der Waals surface area contributed by atoms with Gasteiger partial charge in [0.1, 0.15) is 0 Å². The number of pyridine rings is 1. The molecule has 2 aromatic rings. The number of hydrogen-bond acceptors (Lipinski definition) is 4. The normalized spacial score (nSPS) is 16.2. The van der Waals surface area contributed by atoms with Crippen molar-refractivity contribution in [2.45, 2.75) is 12.8 Å². The van der Waals surface area contributed by atoms with Crippen molar-refractivity contribution >= 4 is 10.9 Å². The van der Waals surface area contributed by atoms with Gasteiger partial charge >= 0.3 is 0 Å². The molecule has 112 valence electrons. The van der Waals surface area contributed by atoms with E-state index in [0.29, 0.717) is 0 Å². The first-order valence-electron chi connectivity index (χ1n) is 7.72. The quantitative estimate of drug-likeness (QED) is 0.913. The molecule has 4 nitrogen and oxygen atoms in total. The molecule has 0 unspecified atom stereocenters. The van der Waals surface area contributed by atoms with Gasteiger partial charge in [0, 0.05) is 37.1 Å². The number of piperazine rings is 1. The van der Waals surface area contributed by atoms with Crippen molar-refractivity contribution in [3.8, 4) is 5.88 Å². The summed E-state index contributed by atoms with van der Waals surface area (Å²) in [5, 5.41) is 4.58. The summed E-state index contributed by atoms with van der Waals surface area (Å²) in [6, 6.07) is 10.4. The summed E-state index contributed by atoms with van der Waals surface area (Å²) in [7, 11) is 1.71. The van der Waals surface area contributed by atoms with Gasteiger partial charge in [-0.2, -0.15) is 0 Å². The summed E-state index contributed by atoms with van der Waals surface area (Å²) in [4.78, 5) is 7.14. The van der Waals surface area contributed by atoms with Crippen LogP contribution in [0.25, 0.3) is 10.9 Å². The summed E-state index contributed by atoms with van der Waals surface area (Å²) >= 11 is 0. The highest BCUT2D eigenvalue weighted by atomic mass is 16.5. The van der Waals surface area contributed by atoms with Crippen LogP contribution >= 0.6 is 0 Å². The zero-order chi connectivity index (χ0) is 14.5. The monoisotopic (exact) mass is 285 g/mol. The number of aryl methyl sites for hydroxylation is 1. The van der Waals surface area contributed by atoms with E-state index in [0.717, 1.165) is 57.0 Å². The third-order valence-electron chi connectivity index (χ3n) is 4.09. The first-order chi connectivity index (χ1) is 10.4. The maximum absolute atomic E-state index is 5.46. The maximum Gasteiger partial charge on any atom is 0.216 e. The molecular weight excluding hydrogens is 262 g/mol. The fraction of sp³-hybridized carbons (Fsp3) is 0.471. The van der Waals surface area contributed by atoms with Crippen LogP contribution in [-0.4, -0.2) is 49.7 Å². The minimum atomic E-state index is 0.772. The van der Waals surface area contributed by atoms with Crippen LogP contribution in [0.4, 0.5) is 0 Å². The van der Waals surface area contributed by atoms with Gasteiger partial charge in [-0.3, -0.25) is 0 Å². The summed E-state index contributed by atoms with van der Waals surface area (Å²) < 4.78 is 5.46. The van der Waals surface area contributed by atoms with E-state index < -0.39 is 0 Å². The highest BCUT2D eigenvalue weighted by Crippen LogP contribution is 2.23. The molecule has 2 heterocycles. The number of ether oxygens (including phenoxy) is 1. The van der Waals surface area contributed by atoms with E-state index in [4.69, 9.17) is 4.74 Å². The van der Waals surface area contributed by atoms with Crippen LogP contribution in [0.3, 0.4) is 0 Å². The zero-order valence-corrected chi connectivity index (χ0v) is 12.6. The van der Waals surface area contributed by atoms with E-state index in [-0.39, 0.29) is 0 Å². The molecule has 1 fully saturated rings. The van der Waals surface area contributed by atoms with Crippen molar-refractivity contribution in [1.29, 1.82) is 0 Å². The van der Waals surface area contributed by atoms with Gasteiger partial charge < -0.3 is 15.0 Å². The number of benzene rings is 1. The van der Waals surface area contributed by atoms with Crippen LogP contribution < -0.4 is 10.1 Å².